The zero-order chi connectivity index (χ0) is 12.3. The SMILES string of the molecule is O=C(C=Cc1ccc2c(c1)C(=O)NCC2)CCl. The van der Waals surface area contributed by atoms with Crippen LogP contribution >= 0.6 is 11.6 Å². The van der Waals surface area contributed by atoms with Crippen molar-refractivity contribution in [3.63, 3.8) is 0 Å². The van der Waals surface area contributed by atoms with Gasteiger partial charge in [-0.1, -0.05) is 18.2 Å². The average Bonchev–Trinajstić information content (AvgIpc) is 2.36. The molecule has 1 aliphatic rings. The normalized spacial score (nSPS) is 14.5. The van der Waals surface area contributed by atoms with Gasteiger partial charge in [-0.05, 0) is 29.7 Å². The summed E-state index contributed by atoms with van der Waals surface area (Å²) in [5.74, 6) is -0.221. The Hall–Kier alpha value is -1.61. The van der Waals surface area contributed by atoms with Gasteiger partial charge in [0.1, 0.15) is 0 Å². The lowest BCUT2D eigenvalue weighted by Gasteiger charge is -2.16. The Morgan fingerprint density at radius 1 is 1.47 bits per heavy atom. The summed E-state index contributed by atoms with van der Waals surface area (Å²) in [7, 11) is 0. The van der Waals surface area contributed by atoms with E-state index in [4.69, 9.17) is 11.6 Å². The van der Waals surface area contributed by atoms with Crippen LogP contribution in [0.15, 0.2) is 24.3 Å². The van der Waals surface area contributed by atoms with Gasteiger partial charge in [-0.3, -0.25) is 9.59 Å². The van der Waals surface area contributed by atoms with Crippen LogP contribution in [0.25, 0.3) is 6.08 Å². The zero-order valence-corrected chi connectivity index (χ0v) is 9.96. The number of alkyl halides is 1. The third-order valence-corrected chi connectivity index (χ3v) is 2.92. The molecule has 88 valence electrons. The Morgan fingerprint density at radius 3 is 3.06 bits per heavy atom. The molecule has 0 spiro atoms. The summed E-state index contributed by atoms with van der Waals surface area (Å²) in [6.07, 6.45) is 3.95. The maximum atomic E-state index is 11.6. The van der Waals surface area contributed by atoms with Gasteiger partial charge in [0.25, 0.3) is 5.91 Å². The summed E-state index contributed by atoms with van der Waals surface area (Å²) in [6.45, 7) is 0.686. The van der Waals surface area contributed by atoms with Crippen molar-refractivity contribution in [1.29, 1.82) is 0 Å². The number of nitrogens with one attached hydrogen (secondary N) is 1. The molecule has 0 aliphatic carbocycles. The van der Waals surface area contributed by atoms with E-state index in [0.29, 0.717) is 12.1 Å². The highest BCUT2D eigenvalue weighted by molar-refractivity contribution is 6.29. The van der Waals surface area contributed by atoms with Crippen molar-refractivity contribution in [1.82, 2.24) is 5.32 Å². The molecule has 0 saturated heterocycles. The Bertz CT molecular complexity index is 494. The number of halogens is 1. The van der Waals surface area contributed by atoms with E-state index in [0.717, 1.165) is 17.5 Å². The second-order valence-corrected chi connectivity index (χ2v) is 4.12. The van der Waals surface area contributed by atoms with Crippen molar-refractivity contribution in [2.24, 2.45) is 0 Å². The Balaban J connectivity index is 2.26. The summed E-state index contributed by atoms with van der Waals surface area (Å²) in [5.41, 5.74) is 2.57. The molecule has 0 atom stereocenters. The van der Waals surface area contributed by atoms with E-state index >= 15 is 0 Å². The molecule has 1 N–H and O–H groups in total. The van der Waals surface area contributed by atoms with Crippen molar-refractivity contribution >= 4 is 29.4 Å². The lowest BCUT2D eigenvalue weighted by molar-refractivity contribution is -0.112. The molecule has 1 heterocycles. The number of rotatable bonds is 3. The van der Waals surface area contributed by atoms with Crippen molar-refractivity contribution in [3.05, 3.63) is 41.0 Å². The summed E-state index contributed by atoms with van der Waals surface area (Å²) < 4.78 is 0. The average molecular weight is 250 g/mol. The molecule has 4 heteroatoms. The molecule has 0 radical (unpaired) electrons. The van der Waals surface area contributed by atoms with Crippen LogP contribution in [0, 0.1) is 0 Å². The monoisotopic (exact) mass is 249 g/mol. The fraction of sp³-hybridized carbons (Fsp3) is 0.231. The van der Waals surface area contributed by atoms with Crippen LogP contribution in [0.4, 0.5) is 0 Å². The predicted molar refractivity (Wildman–Crippen MR) is 67.2 cm³/mol. The fourth-order valence-corrected chi connectivity index (χ4v) is 1.86. The van der Waals surface area contributed by atoms with Gasteiger partial charge in [0.05, 0.1) is 5.88 Å². The first-order valence-electron chi connectivity index (χ1n) is 5.38. The van der Waals surface area contributed by atoms with Crippen molar-refractivity contribution < 1.29 is 9.59 Å². The number of benzene rings is 1. The summed E-state index contributed by atoms with van der Waals surface area (Å²) in [5, 5.41) is 2.79. The minimum absolute atomic E-state index is 0.0259. The van der Waals surface area contributed by atoms with Gasteiger partial charge in [-0.15, -0.1) is 11.6 Å². The molecule has 1 aliphatic heterocycles. The molecule has 0 fully saturated rings. The first kappa shape index (κ1) is 11.9. The van der Waals surface area contributed by atoms with Crippen LogP contribution in [-0.2, 0) is 11.2 Å². The number of fused-ring (bicyclic) bond motifs is 1. The molecule has 0 bridgehead atoms. The number of hydrogen-bond acceptors (Lipinski definition) is 2. The summed E-state index contributed by atoms with van der Waals surface area (Å²) >= 11 is 5.39. The molecule has 17 heavy (non-hydrogen) atoms. The number of carbonyl (C=O) groups is 2. The topological polar surface area (TPSA) is 46.2 Å². The molecule has 1 aromatic carbocycles. The minimum Gasteiger partial charge on any atom is -0.352 e. The summed E-state index contributed by atoms with van der Waals surface area (Å²) in [6, 6.07) is 5.62. The molecular formula is C13H12ClNO2. The number of allylic oxidation sites excluding steroid dienone is 1. The van der Waals surface area contributed by atoms with E-state index in [9.17, 15) is 9.59 Å². The standard InChI is InChI=1S/C13H12ClNO2/c14-8-11(16)4-2-9-1-3-10-5-6-15-13(17)12(10)7-9/h1-4,7H,5-6,8H2,(H,15,17). The van der Waals surface area contributed by atoms with Gasteiger partial charge in [0.2, 0.25) is 0 Å². The quantitative estimate of drug-likeness (QED) is 0.656. The van der Waals surface area contributed by atoms with Gasteiger partial charge >= 0.3 is 0 Å². The second-order valence-electron chi connectivity index (χ2n) is 3.86. The Morgan fingerprint density at radius 2 is 2.29 bits per heavy atom. The molecule has 1 amide bonds. The molecule has 0 aromatic heterocycles. The first-order valence-corrected chi connectivity index (χ1v) is 5.92. The second kappa shape index (κ2) is 5.15. The molecule has 2 rings (SSSR count). The van der Waals surface area contributed by atoms with Crippen LogP contribution in [0.1, 0.15) is 21.5 Å². The maximum absolute atomic E-state index is 11.6. The van der Waals surface area contributed by atoms with E-state index in [1.807, 2.05) is 12.1 Å². The van der Waals surface area contributed by atoms with Gasteiger partial charge in [0.15, 0.2) is 5.78 Å². The van der Waals surface area contributed by atoms with Gasteiger partial charge in [0, 0.05) is 12.1 Å². The first-order chi connectivity index (χ1) is 8.20. The molecule has 1 aromatic rings. The fourth-order valence-electron chi connectivity index (χ4n) is 1.77. The molecule has 3 nitrogen and oxygen atoms in total. The van der Waals surface area contributed by atoms with E-state index in [1.54, 1.807) is 12.1 Å². The lowest BCUT2D eigenvalue weighted by Crippen LogP contribution is -2.31. The van der Waals surface area contributed by atoms with Gasteiger partial charge in [-0.25, -0.2) is 0 Å². The van der Waals surface area contributed by atoms with E-state index in [2.05, 4.69) is 5.32 Å². The maximum Gasteiger partial charge on any atom is 0.251 e. The third-order valence-electron chi connectivity index (χ3n) is 2.65. The highest BCUT2D eigenvalue weighted by atomic mass is 35.5. The van der Waals surface area contributed by atoms with Crippen LogP contribution in [0.5, 0.6) is 0 Å². The largest absolute Gasteiger partial charge is 0.352 e. The Kier molecular flexibility index (Phi) is 3.59. The molecule has 0 saturated carbocycles. The predicted octanol–water partition coefficient (Wildman–Crippen LogP) is 1.79. The molecular weight excluding hydrogens is 238 g/mol. The minimum atomic E-state index is -0.145. The number of hydrogen-bond donors (Lipinski definition) is 1. The van der Waals surface area contributed by atoms with E-state index in [-0.39, 0.29) is 17.6 Å². The zero-order valence-electron chi connectivity index (χ0n) is 9.20. The van der Waals surface area contributed by atoms with Crippen LogP contribution < -0.4 is 5.32 Å². The van der Waals surface area contributed by atoms with Crippen molar-refractivity contribution in [2.45, 2.75) is 6.42 Å². The highest BCUT2D eigenvalue weighted by Crippen LogP contribution is 2.16. The van der Waals surface area contributed by atoms with Crippen LogP contribution in [0.3, 0.4) is 0 Å². The van der Waals surface area contributed by atoms with E-state index < -0.39 is 0 Å². The van der Waals surface area contributed by atoms with Crippen molar-refractivity contribution in [3.8, 4) is 0 Å². The number of carbonyl (C=O) groups excluding carboxylic acids is 2. The van der Waals surface area contributed by atoms with E-state index in [1.165, 1.54) is 6.08 Å². The number of amides is 1. The lowest BCUT2D eigenvalue weighted by atomic mass is 9.98. The third kappa shape index (κ3) is 2.74. The number of ketones is 1. The highest BCUT2D eigenvalue weighted by Gasteiger charge is 2.15. The van der Waals surface area contributed by atoms with Gasteiger partial charge in [-0.2, -0.15) is 0 Å². The Labute approximate surface area is 104 Å². The summed E-state index contributed by atoms with van der Waals surface area (Å²) in [4.78, 5) is 22.6. The van der Waals surface area contributed by atoms with Gasteiger partial charge < -0.3 is 5.32 Å². The smallest absolute Gasteiger partial charge is 0.251 e. The molecule has 0 unspecified atom stereocenters. The van der Waals surface area contributed by atoms with Crippen molar-refractivity contribution in [2.75, 3.05) is 12.4 Å². The van der Waals surface area contributed by atoms with Crippen LogP contribution in [-0.4, -0.2) is 24.1 Å². The van der Waals surface area contributed by atoms with Crippen LogP contribution in [0.2, 0.25) is 0 Å².